The molecule has 0 saturated carbocycles. The van der Waals surface area contributed by atoms with Gasteiger partial charge in [-0.25, -0.2) is 4.79 Å². The van der Waals surface area contributed by atoms with Crippen LogP contribution in [-0.2, 0) is 9.53 Å². The first-order chi connectivity index (χ1) is 9.24. The average molecular weight is 264 g/mol. The zero-order valence-electron chi connectivity index (χ0n) is 11.2. The molecule has 0 radical (unpaired) electrons. The summed E-state index contributed by atoms with van der Waals surface area (Å²) in [6.45, 7) is 2.56. The highest BCUT2D eigenvalue weighted by Gasteiger charge is 2.04. The molecule has 19 heavy (non-hydrogen) atoms. The van der Waals surface area contributed by atoms with Crippen molar-refractivity contribution in [2.75, 3.05) is 19.8 Å². The first-order valence-corrected chi connectivity index (χ1v) is 6.36. The maximum absolute atomic E-state index is 11.5. The minimum atomic E-state index is -0.340. The van der Waals surface area contributed by atoms with Crippen LogP contribution in [0.4, 0.5) is 0 Å². The number of rotatable bonds is 8. The maximum atomic E-state index is 11.5. The number of hydrogen-bond acceptors (Lipinski definition) is 4. The number of esters is 1. The smallest absolute Gasteiger partial charge is 0.333 e. The molecule has 0 heterocycles. The van der Waals surface area contributed by atoms with Crippen molar-refractivity contribution in [3.05, 3.63) is 42.0 Å². The van der Waals surface area contributed by atoms with E-state index in [0.29, 0.717) is 31.6 Å². The Hall–Kier alpha value is -1.81. The van der Waals surface area contributed by atoms with Crippen LogP contribution in [0, 0.1) is 0 Å². The van der Waals surface area contributed by atoms with E-state index in [4.69, 9.17) is 14.6 Å². The molecule has 1 aromatic rings. The first kappa shape index (κ1) is 15.2. The predicted molar refractivity (Wildman–Crippen MR) is 73.0 cm³/mol. The molecule has 0 amide bonds. The highest BCUT2D eigenvalue weighted by molar-refractivity contribution is 5.87. The van der Waals surface area contributed by atoms with Gasteiger partial charge in [-0.3, -0.25) is 0 Å². The number of carbonyl (C=O) groups is 1. The van der Waals surface area contributed by atoms with Gasteiger partial charge in [0.15, 0.2) is 0 Å². The van der Waals surface area contributed by atoms with E-state index in [-0.39, 0.29) is 12.6 Å². The van der Waals surface area contributed by atoms with Gasteiger partial charge < -0.3 is 14.6 Å². The van der Waals surface area contributed by atoms with Crippen molar-refractivity contribution in [3.63, 3.8) is 0 Å². The van der Waals surface area contributed by atoms with Gasteiger partial charge in [-0.05, 0) is 25.5 Å². The fraction of sp³-hybridized carbons (Fsp3) is 0.400. The lowest BCUT2D eigenvalue weighted by Gasteiger charge is -2.07. The van der Waals surface area contributed by atoms with E-state index in [1.54, 1.807) is 13.0 Å². The first-order valence-electron chi connectivity index (χ1n) is 6.36. The highest BCUT2D eigenvalue weighted by Crippen LogP contribution is 2.08. The molecule has 0 saturated heterocycles. The standard InChI is InChI=1S/C15H20O4/c1-13(7-5-10-16)15(17)19-12-6-11-18-14-8-3-2-4-9-14/h2-4,7-9,16H,5-6,10-12H2,1H3/b13-7+. The van der Waals surface area contributed by atoms with E-state index in [1.807, 2.05) is 30.3 Å². The van der Waals surface area contributed by atoms with Crippen molar-refractivity contribution >= 4 is 5.97 Å². The van der Waals surface area contributed by atoms with E-state index in [2.05, 4.69) is 0 Å². The van der Waals surface area contributed by atoms with Crippen LogP contribution in [0.15, 0.2) is 42.0 Å². The summed E-state index contributed by atoms with van der Waals surface area (Å²) in [6.07, 6.45) is 2.79. The second-order valence-corrected chi connectivity index (χ2v) is 4.05. The third-order valence-corrected chi connectivity index (χ3v) is 2.44. The second kappa shape index (κ2) is 9.16. The van der Waals surface area contributed by atoms with Crippen molar-refractivity contribution in [1.82, 2.24) is 0 Å². The fourth-order valence-electron chi connectivity index (χ4n) is 1.41. The summed E-state index contributed by atoms with van der Waals surface area (Å²) in [5.74, 6) is 0.473. The van der Waals surface area contributed by atoms with Gasteiger partial charge in [-0.2, -0.15) is 0 Å². The van der Waals surface area contributed by atoms with Crippen LogP contribution in [0.25, 0.3) is 0 Å². The Balaban J connectivity index is 2.12. The van der Waals surface area contributed by atoms with Crippen LogP contribution < -0.4 is 4.74 Å². The zero-order valence-corrected chi connectivity index (χ0v) is 11.2. The molecule has 0 aliphatic carbocycles. The van der Waals surface area contributed by atoms with Gasteiger partial charge in [0.1, 0.15) is 5.75 Å². The second-order valence-electron chi connectivity index (χ2n) is 4.05. The van der Waals surface area contributed by atoms with Gasteiger partial charge in [0.05, 0.1) is 13.2 Å². The Bertz CT molecular complexity index is 398. The fourth-order valence-corrected chi connectivity index (χ4v) is 1.41. The number of para-hydroxylation sites is 1. The minimum Gasteiger partial charge on any atom is -0.493 e. The Labute approximate surface area is 113 Å². The molecule has 1 aromatic carbocycles. The van der Waals surface area contributed by atoms with E-state index in [1.165, 1.54) is 0 Å². The van der Waals surface area contributed by atoms with Crippen molar-refractivity contribution < 1.29 is 19.4 Å². The van der Waals surface area contributed by atoms with Crippen LogP contribution in [0.5, 0.6) is 5.75 Å². The molecule has 104 valence electrons. The summed E-state index contributed by atoms with van der Waals surface area (Å²) in [7, 11) is 0. The molecule has 0 bridgehead atoms. The zero-order chi connectivity index (χ0) is 13.9. The Morgan fingerprint density at radius 2 is 2.00 bits per heavy atom. The molecule has 0 spiro atoms. The molecular weight excluding hydrogens is 244 g/mol. The van der Waals surface area contributed by atoms with Gasteiger partial charge in [0.25, 0.3) is 0 Å². The lowest BCUT2D eigenvalue weighted by molar-refractivity contribution is -0.139. The van der Waals surface area contributed by atoms with Gasteiger partial charge in [-0.1, -0.05) is 24.3 Å². The van der Waals surface area contributed by atoms with Gasteiger partial charge in [0.2, 0.25) is 0 Å². The van der Waals surface area contributed by atoms with Gasteiger partial charge >= 0.3 is 5.97 Å². The molecule has 4 heteroatoms. The molecule has 0 aliphatic heterocycles. The third kappa shape index (κ3) is 6.62. The largest absolute Gasteiger partial charge is 0.493 e. The maximum Gasteiger partial charge on any atom is 0.333 e. The van der Waals surface area contributed by atoms with Crippen molar-refractivity contribution in [2.24, 2.45) is 0 Å². The summed E-state index contributed by atoms with van der Waals surface area (Å²) in [5, 5.41) is 8.64. The summed E-state index contributed by atoms with van der Waals surface area (Å²) >= 11 is 0. The normalized spacial score (nSPS) is 11.2. The van der Waals surface area contributed by atoms with Crippen LogP contribution in [0.1, 0.15) is 19.8 Å². The SMILES string of the molecule is C/C(=C\CCO)C(=O)OCCCOc1ccccc1. The average Bonchev–Trinajstić information content (AvgIpc) is 2.45. The molecule has 1 N–H and O–H groups in total. The number of benzene rings is 1. The van der Waals surface area contributed by atoms with Crippen LogP contribution >= 0.6 is 0 Å². The van der Waals surface area contributed by atoms with Crippen LogP contribution in [-0.4, -0.2) is 30.9 Å². The van der Waals surface area contributed by atoms with Crippen molar-refractivity contribution in [3.8, 4) is 5.75 Å². The predicted octanol–water partition coefficient (Wildman–Crippen LogP) is 2.33. The Morgan fingerprint density at radius 3 is 2.68 bits per heavy atom. The van der Waals surface area contributed by atoms with Crippen molar-refractivity contribution in [1.29, 1.82) is 0 Å². The Kier molecular flexibility index (Phi) is 7.35. The van der Waals surface area contributed by atoms with Crippen LogP contribution in [0.2, 0.25) is 0 Å². The van der Waals surface area contributed by atoms with E-state index in [0.717, 1.165) is 5.75 Å². The quantitative estimate of drug-likeness (QED) is 0.445. The van der Waals surface area contributed by atoms with E-state index >= 15 is 0 Å². The summed E-state index contributed by atoms with van der Waals surface area (Å²) in [5.41, 5.74) is 0.526. The molecule has 0 atom stereocenters. The molecule has 0 aliphatic rings. The summed E-state index contributed by atoms with van der Waals surface area (Å²) in [4.78, 5) is 11.5. The molecule has 0 unspecified atom stereocenters. The highest BCUT2D eigenvalue weighted by atomic mass is 16.5. The van der Waals surface area contributed by atoms with E-state index in [9.17, 15) is 4.79 Å². The topological polar surface area (TPSA) is 55.8 Å². The number of aliphatic hydroxyl groups is 1. The summed E-state index contributed by atoms with van der Waals surface area (Å²) in [6, 6.07) is 9.51. The van der Waals surface area contributed by atoms with E-state index < -0.39 is 0 Å². The van der Waals surface area contributed by atoms with Crippen LogP contribution in [0.3, 0.4) is 0 Å². The molecule has 0 fully saturated rings. The lowest BCUT2D eigenvalue weighted by Crippen LogP contribution is -2.10. The summed E-state index contributed by atoms with van der Waals surface area (Å²) < 4.78 is 10.5. The van der Waals surface area contributed by atoms with Gasteiger partial charge in [-0.15, -0.1) is 0 Å². The Morgan fingerprint density at radius 1 is 1.26 bits per heavy atom. The van der Waals surface area contributed by atoms with Crippen molar-refractivity contribution in [2.45, 2.75) is 19.8 Å². The monoisotopic (exact) mass is 264 g/mol. The molecule has 1 rings (SSSR count). The number of hydrogen-bond donors (Lipinski definition) is 1. The number of ether oxygens (including phenoxy) is 2. The number of aliphatic hydroxyl groups excluding tert-OH is 1. The molecular formula is C15H20O4. The minimum absolute atomic E-state index is 0.0372. The number of carbonyl (C=O) groups excluding carboxylic acids is 1. The molecule has 4 nitrogen and oxygen atoms in total. The van der Waals surface area contributed by atoms with Gasteiger partial charge in [0, 0.05) is 18.6 Å². The lowest BCUT2D eigenvalue weighted by atomic mass is 10.2. The third-order valence-electron chi connectivity index (χ3n) is 2.44. The molecule has 0 aromatic heterocycles.